The minimum absolute atomic E-state index is 1.20. The van der Waals surface area contributed by atoms with E-state index in [1.807, 2.05) is 18.0 Å². The maximum absolute atomic E-state index is 3.31. The lowest BCUT2D eigenvalue weighted by Gasteiger charge is -2.07. The SMILES string of the molecule is Bc1ccc(-c2cccc(C(/C=C\C)=C/C=C/Br)c2)cc1. The second kappa shape index (κ2) is 7.85. The van der Waals surface area contributed by atoms with Crippen molar-refractivity contribution in [2.45, 2.75) is 6.92 Å². The van der Waals surface area contributed by atoms with Crippen LogP contribution in [0.3, 0.4) is 0 Å². The van der Waals surface area contributed by atoms with E-state index in [9.17, 15) is 0 Å². The number of benzene rings is 2. The molecule has 0 aliphatic heterocycles. The lowest BCUT2D eigenvalue weighted by Crippen LogP contribution is -1.99. The van der Waals surface area contributed by atoms with Gasteiger partial charge in [-0.25, -0.2) is 0 Å². The van der Waals surface area contributed by atoms with Gasteiger partial charge in [-0.3, -0.25) is 0 Å². The first-order chi connectivity index (χ1) is 10.2. The van der Waals surface area contributed by atoms with Crippen LogP contribution in [-0.2, 0) is 0 Å². The molecular formula is C19H18BBr. The smallest absolute Gasteiger partial charge is 0.0889 e. The Kier molecular flexibility index (Phi) is 5.83. The number of hydrogen-bond acceptors (Lipinski definition) is 0. The van der Waals surface area contributed by atoms with E-state index in [0.717, 1.165) is 0 Å². The van der Waals surface area contributed by atoms with Gasteiger partial charge in [0.2, 0.25) is 0 Å². The van der Waals surface area contributed by atoms with Crippen molar-refractivity contribution in [2.24, 2.45) is 0 Å². The molecule has 2 aromatic rings. The van der Waals surface area contributed by atoms with Crippen molar-refractivity contribution < 1.29 is 0 Å². The van der Waals surface area contributed by atoms with E-state index in [1.54, 1.807) is 0 Å². The van der Waals surface area contributed by atoms with E-state index in [2.05, 4.69) is 90.5 Å². The third-order valence-electron chi connectivity index (χ3n) is 3.28. The van der Waals surface area contributed by atoms with Crippen molar-refractivity contribution in [3.05, 3.63) is 83.4 Å². The summed E-state index contributed by atoms with van der Waals surface area (Å²) in [6.45, 7) is 2.04. The zero-order valence-electron chi connectivity index (χ0n) is 12.4. The van der Waals surface area contributed by atoms with E-state index in [0.29, 0.717) is 0 Å². The highest BCUT2D eigenvalue weighted by atomic mass is 79.9. The molecule has 2 aromatic carbocycles. The molecule has 0 aliphatic rings. The van der Waals surface area contributed by atoms with Gasteiger partial charge in [0.05, 0.1) is 0 Å². The molecule has 0 N–H and O–H groups in total. The van der Waals surface area contributed by atoms with Crippen LogP contribution in [0, 0.1) is 0 Å². The van der Waals surface area contributed by atoms with Gasteiger partial charge >= 0.3 is 0 Å². The molecule has 0 saturated heterocycles. The quantitative estimate of drug-likeness (QED) is 0.570. The summed E-state index contributed by atoms with van der Waals surface area (Å²) < 4.78 is 0. The Bertz CT molecular complexity index is 679. The molecule has 2 heteroatoms. The summed E-state index contributed by atoms with van der Waals surface area (Å²) >= 11 is 3.31. The zero-order chi connectivity index (χ0) is 15.1. The first kappa shape index (κ1) is 15.6. The Hall–Kier alpha value is -1.80. The molecule has 0 heterocycles. The molecule has 0 fully saturated rings. The molecule has 0 aliphatic carbocycles. The molecule has 0 bridgehead atoms. The van der Waals surface area contributed by atoms with Crippen LogP contribution >= 0.6 is 15.9 Å². The Labute approximate surface area is 136 Å². The summed E-state index contributed by atoms with van der Waals surface area (Å²) in [6, 6.07) is 17.3. The molecule has 0 aromatic heterocycles. The molecule has 0 saturated carbocycles. The third-order valence-corrected chi connectivity index (χ3v) is 3.58. The number of rotatable bonds is 4. The predicted molar refractivity (Wildman–Crippen MR) is 101 cm³/mol. The average Bonchev–Trinajstić information content (AvgIpc) is 2.52. The van der Waals surface area contributed by atoms with E-state index in [1.165, 1.54) is 27.7 Å². The van der Waals surface area contributed by atoms with Crippen molar-refractivity contribution in [3.8, 4) is 11.1 Å². The van der Waals surface area contributed by atoms with E-state index < -0.39 is 0 Å². The fraction of sp³-hybridized carbons (Fsp3) is 0.0526. The van der Waals surface area contributed by atoms with Crippen LogP contribution in [0.5, 0.6) is 0 Å². The van der Waals surface area contributed by atoms with Crippen molar-refractivity contribution in [3.63, 3.8) is 0 Å². The van der Waals surface area contributed by atoms with Crippen LogP contribution in [0.15, 0.2) is 77.8 Å². The van der Waals surface area contributed by atoms with Crippen LogP contribution < -0.4 is 5.46 Å². The normalized spacial score (nSPS) is 12.4. The summed E-state index contributed by atoms with van der Waals surface area (Å²) in [5, 5.41) is 0. The van der Waals surface area contributed by atoms with Gasteiger partial charge < -0.3 is 0 Å². The van der Waals surface area contributed by atoms with Crippen LogP contribution in [0.4, 0.5) is 0 Å². The predicted octanol–water partition coefficient (Wildman–Crippen LogP) is 4.48. The molecule has 2 rings (SSSR count). The molecule has 21 heavy (non-hydrogen) atoms. The van der Waals surface area contributed by atoms with Crippen LogP contribution in [-0.4, -0.2) is 7.85 Å². The molecule has 104 valence electrons. The van der Waals surface area contributed by atoms with Crippen molar-refractivity contribution >= 4 is 34.8 Å². The fourth-order valence-corrected chi connectivity index (χ4v) is 2.34. The summed E-state index contributed by atoms with van der Waals surface area (Å²) in [5.74, 6) is 0. The zero-order valence-corrected chi connectivity index (χ0v) is 14.0. The van der Waals surface area contributed by atoms with Crippen LogP contribution in [0.1, 0.15) is 12.5 Å². The van der Waals surface area contributed by atoms with Gasteiger partial charge in [-0.2, -0.15) is 0 Å². The molecule has 0 spiro atoms. The second-order valence-electron chi connectivity index (χ2n) is 4.89. The fourth-order valence-electron chi connectivity index (χ4n) is 2.19. The summed E-state index contributed by atoms with van der Waals surface area (Å²) in [5.41, 5.74) is 6.19. The standard InChI is InChI=1S/C19H18BBr/c1-2-5-15(8-4-13-21)17-6-3-7-18(14-17)16-9-11-19(20)12-10-16/h2-14H,20H2,1H3/b5-2-,13-4+,15-8+. The Balaban J connectivity index is 2.42. The van der Waals surface area contributed by atoms with Gasteiger partial charge in [0.25, 0.3) is 0 Å². The summed E-state index contributed by atoms with van der Waals surface area (Å²) in [4.78, 5) is 1.86. The van der Waals surface area contributed by atoms with E-state index in [-0.39, 0.29) is 0 Å². The largest absolute Gasteiger partial charge is 0.139 e. The maximum Gasteiger partial charge on any atom is 0.139 e. The van der Waals surface area contributed by atoms with Crippen molar-refractivity contribution in [2.75, 3.05) is 0 Å². The van der Waals surface area contributed by atoms with Gasteiger partial charge in [-0.05, 0) is 40.2 Å². The van der Waals surface area contributed by atoms with Crippen LogP contribution in [0.25, 0.3) is 16.7 Å². The lowest BCUT2D eigenvalue weighted by molar-refractivity contribution is 1.58. The first-order valence-corrected chi connectivity index (χ1v) is 7.93. The van der Waals surface area contributed by atoms with Gasteiger partial charge in [0, 0.05) is 0 Å². The first-order valence-electron chi connectivity index (χ1n) is 7.02. The van der Waals surface area contributed by atoms with E-state index in [4.69, 9.17) is 0 Å². The van der Waals surface area contributed by atoms with Gasteiger partial charge in [0.1, 0.15) is 7.85 Å². The highest BCUT2D eigenvalue weighted by Gasteiger charge is 2.01. The minimum atomic E-state index is 1.20. The Morgan fingerprint density at radius 3 is 2.48 bits per heavy atom. The minimum Gasteiger partial charge on any atom is -0.0889 e. The average molecular weight is 337 g/mol. The monoisotopic (exact) mass is 336 g/mol. The summed E-state index contributed by atoms with van der Waals surface area (Å²) in [6.07, 6.45) is 8.28. The third kappa shape index (κ3) is 4.34. The second-order valence-corrected chi connectivity index (χ2v) is 5.42. The van der Waals surface area contributed by atoms with Gasteiger partial charge in [0.15, 0.2) is 0 Å². The van der Waals surface area contributed by atoms with Gasteiger partial charge in [-0.1, -0.05) is 88.2 Å². The lowest BCUT2D eigenvalue weighted by atomic mass is 9.93. The van der Waals surface area contributed by atoms with Crippen molar-refractivity contribution in [1.82, 2.24) is 0 Å². The molecule has 0 unspecified atom stereocenters. The molecule has 0 radical (unpaired) electrons. The van der Waals surface area contributed by atoms with E-state index >= 15 is 0 Å². The topological polar surface area (TPSA) is 0 Å². The molecule has 0 amide bonds. The number of hydrogen-bond donors (Lipinski definition) is 0. The molecule has 0 nitrogen and oxygen atoms in total. The Morgan fingerprint density at radius 1 is 1.05 bits per heavy atom. The van der Waals surface area contributed by atoms with Crippen LogP contribution in [0.2, 0.25) is 0 Å². The van der Waals surface area contributed by atoms with Crippen molar-refractivity contribution in [1.29, 1.82) is 0 Å². The molecular weight excluding hydrogens is 319 g/mol. The number of halogens is 1. The highest BCUT2D eigenvalue weighted by Crippen LogP contribution is 2.24. The highest BCUT2D eigenvalue weighted by molar-refractivity contribution is 9.11. The Morgan fingerprint density at radius 2 is 1.81 bits per heavy atom. The maximum atomic E-state index is 3.31. The molecule has 0 atom stereocenters. The number of allylic oxidation sites excluding steroid dienone is 5. The van der Waals surface area contributed by atoms with Gasteiger partial charge in [-0.15, -0.1) is 0 Å². The summed E-state index contributed by atoms with van der Waals surface area (Å²) in [7, 11) is 2.11.